The van der Waals surface area contributed by atoms with Gasteiger partial charge in [-0.3, -0.25) is 24.0 Å². The number of primary amides is 1. The standard InChI is InChI=1S/C40H75N7O5/c1-3-4-5-6-7-8-9-10-11-12-20-27-43-29-37(49)47(35-24-17-14-18-25-35)33-39(51)45(28-21-19-26-41)32-38(50)44(2)31-40(52)46(30-36(42)48)34-22-15-13-16-23-34/h34-35,43H,3-33,41H2,1-2H3,(H2,42,48). The van der Waals surface area contributed by atoms with E-state index in [2.05, 4.69) is 12.2 Å². The van der Waals surface area contributed by atoms with Crippen LogP contribution in [0.25, 0.3) is 0 Å². The second-order valence-electron chi connectivity index (χ2n) is 15.4. The van der Waals surface area contributed by atoms with Crippen LogP contribution >= 0.6 is 0 Å². The van der Waals surface area contributed by atoms with Crippen LogP contribution in [0.15, 0.2) is 0 Å². The number of hydrogen-bond acceptors (Lipinski definition) is 7. The van der Waals surface area contributed by atoms with Gasteiger partial charge in [0.1, 0.15) is 6.54 Å². The molecular formula is C40H75N7O5. The van der Waals surface area contributed by atoms with Crippen molar-refractivity contribution in [3.8, 4) is 0 Å². The van der Waals surface area contributed by atoms with Crippen LogP contribution in [0.1, 0.15) is 155 Å². The molecule has 0 saturated heterocycles. The predicted octanol–water partition coefficient (Wildman–Crippen LogP) is 4.72. The highest BCUT2D eigenvalue weighted by molar-refractivity contribution is 5.91. The number of nitrogens with one attached hydrogen (secondary N) is 1. The summed E-state index contributed by atoms with van der Waals surface area (Å²) in [5.41, 5.74) is 11.2. The SMILES string of the molecule is CCCCCCCCCCCCCNCC(=O)N(CC(=O)N(CCCCN)CC(=O)N(C)CC(=O)N(CC(N)=O)C1CCCCC1)C1CCCCC1. The van der Waals surface area contributed by atoms with Crippen molar-refractivity contribution in [1.29, 1.82) is 0 Å². The van der Waals surface area contributed by atoms with Crippen molar-refractivity contribution in [2.24, 2.45) is 11.5 Å². The van der Waals surface area contributed by atoms with E-state index in [1.165, 1.54) is 72.5 Å². The van der Waals surface area contributed by atoms with Gasteiger partial charge in [-0.25, -0.2) is 0 Å². The van der Waals surface area contributed by atoms with Gasteiger partial charge in [0.2, 0.25) is 29.5 Å². The zero-order valence-corrected chi connectivity index (χ0v) is 33.1. The zero-order chi connectivity index (χ0) is 38.0. The number of nitrogens with two attached hydrogens (primary N) is 2. The normalized spacial score (nSPS) is 15.3. The lowest BCUT2D eigenvalue weighted by molar-refractivity contribution is -0.147. The zero-order valence-electron chi connectivity index (χ0n) is 33.1. The van der Waals surface area contributed by atoms with Crippen molar-refractivity contribution in [1.82, 2.24) is 24.9 Å². The van der Waals surface area contributed by atoms with E-state index >= 15 is 0 Å². The van der Waals surface area contributed by atoms with Crippen molar-refractivity contribution < 1.29 is 24.0 Å². The molecule has 0 aliphatic heterocycles. The Morgan fingerprint density at radius 1 is 0.577 bits per heavy atom. The van der Waals surface area contributed by atoms with E-state index in [0.717, 1.165) is 83.6 Å². The molecule has 0 aromatic heterocycles. The summed E-state index contributed by atoms with van der Waals surface area (Å²) < 4.78 is 0. The molecule has 0 aromatic carbocycles. The number of amides is 5. The van der Waals surface area contributed by atoms with Gasteiger partial charge in [0, 0.05) is 25.7 Å². The quantitative estimate of drug-likeness (QED) is 0.0981. The maximum atomic E-state index is 13.9. The van der Waals surface area contributed by atoms with E-state index in [-0.39, 0.29) is 68.4 Å². The Bertz CT molecular complexity index is 1030. The highest BCUT2D eigenvalue weighted by Gasteiger charge is 2.31. The van der Waals surface area contributed by atoms with Gasteiger partial charge in [-0.2, -0.15) is 0 Å². The first-order chi connectivity index (χ1) is 25.2. The first-order valence-corrected chi connectivity index (χ1v) is 21.0. The van der Waals surface area contributed by atoms with Crippen molar-refractivity contribution in [2.75, 3.05) is 59.4 Å². The molecule has 12 heteroatoms. The Hall–Kier alpha value is -2.73. The number of nitrogens with zero attached hydrogens (tertiary/aromatic N) is 4. The lowest BCUT2D eigenvalue weighted by Gasteiger charge is -2.36. The second kappa shape index (κ2) is 27.8. The van der Waals surface area contributed by atoms with Crippen LogP contribution in [-0.2, 0) is 24.0 Å². The van der Waals surface area contributed by atoms with E-state index in [1.54, 1.807) is 11.9 Å². The van der Waals surface area contributed by atoms with Crippen LogP contribution in [0.4, 0.5) is 0 Å². The molecule has 0 aromatic rings. The summed E-state index contributed by atoms with van der Waals surface area (Å²) in [5.74, 6) is -1.62. The van der Waals surface area contributed by atoms with E-state index in [4.69, 9.17) is 11.5 Å². The fraction of sp³-hybridized carbons (Fsp3) is 0.875. The van der Waals surface area contributed by atoms with Gasteiger partial charge in [-0.1, -0.05) is 110 Å². The van der Waals surface area contributed by atoms with Gasteiger partial charge in [0.05, 0.1) is 26.2 Å². The number of carbonyl (C=O) groups is 5. The van der Waals surface area contributed by atoms with Gasteiger partial charge >= 0.3 is 0 Å². The summed E-state index contributed by atoms with van der Waals surface area (Å²) >= 11 is 0. The molecule has 2 rings (SSSR count). The third-order valence-corrected chi connectivity index (χ3v) is 10.9. The molecule has 0 radical (unpaired) electrons. The van der Waals surface area contributed by atoms with Crippen LogP contribution < -0.4 is 16.8 Å². The molecule has 0 bridgehead atoms. The number of rotatable bonds is 28. The summed E-state index contributed by atoms with van der Waals surface area (Å²) in [4.78, 5) is 72.2. The van der Waals surface area contributed by atoms with Gasteiger partial charge < -0.3 is 36.4 Å². The van der Waals surface area contributed by atoms with Crippen molar-refractivity contribution >= 4 is 29.5 Å². The van der Waals surface area contributed by atoms with E-state index in [9.17, 15) is 24.0 Å². The average molecular weight is 734 g/mol. The number of hydrogen-bond donors (Lipinski definition) is 3. The molecule has 5 N–H and O–H groups in total. The summed E-state index contributed by atoms with van der Waals surface area (Å²) in [6.45, 7) is 3.38. The summed E-state index contributed by atoms with van der Waals surface area (Å²) in [6, 6.07) is -0.0593. The Balaban J connectivity index is 1.93. The van der Waals surface area contributed by atoms with Crippen LogP contribution in [0, 0.1) is 0 Å². The molecule has 0 unspecified atom stereocenters. The van der Waals surface area contributed by atoms with Crippen LogP contribution in [0.2, 0.25) is 0 Å². The van der Waals surface area contributed by atoms with Crippen molar-refractivity contribution in [3.63, 3.8) is 0 Å². The van der Waals surface area contributed by atoms with Gasteiger partial charge in [-0.15, -0.1) is 0 Å². The number of likely N-dealkylation sites (N-methyl/N-ethyl adjacent to an activating group) is 1. The minimum Gasteiger partial charge on any atom is -0.368 e. The van der Waals surface area contributed by atoms with E-state index in [1.807, 2.05) is 0 Å². The number of unbranched alkanes of at least 4 members (excludes halogenated alkanes) is 11. The third kappa shape index (κ3) is 18.9. The van der Waals surface area contributed by atoms with Gasteiger partial charge in [-0.05, 0) is 58.0 Å². The van der Waals surface area contributed by atoms with Crippen LogP contribution in [-0.4, -0.2) is 121 Å². The summed E-state index contributed by atoms with van der Waals surface area (Å²) in [7, 11) is 1.55. The predicted molar refractivity (Wildman–Crippen MR) is 208 cm³/mol. The van der Waals surface area contributed by atoms with Crippen LogP contribution in [0.3, 0.4) is 0 Å². The molecule has 0 spiro atoms. The molecule has 300 valence electrons. The highest BCUT2D eigenvalue weighted by atomic mass is 16.2. The summed E-state index contributed by atoms with van der Waals surface area (Å²) in [6.07, 6.45) is 25.0. The summed E-state index contributed by atoms with van der Waals surface area (Å²) in [5, 5.41) is 3.33. The maximum Gasteiger partial charge on any atom is 0.242 e. The fourth-order valence-electron chi connectivity index (χ4n) is 7.66. The lowest BCUT2D eigenvalue weighted by Crippen LogP contribution is -2.53. The fourth-order valence-corrected chi connectivity index (χ4v) is 7.66. The first-order valence-electron chi connectivity index (χ1n) is 21.0. The Morgan fingerprint density at radius 3 is 1.62 bits per heavy atom. The van der Waals surface area contributed by atoms with Crippen LogP contribution in [0.5, 0.6) is 0 Å². The van der Waals surface area contributed by atoms with E-state index in [0.29, 0.717) is 25.9 Å². The molecule has 0 heterocycles. The number of carbonyl (C=O) groups excluding carboxylic acids is 5. The molecule has 2 saturated carbocycles. The Kier molecular flexibility index (Phi) is 24.3. The van der Waals surface area contributed by atoms with Crippen molar-refractivity contribution in [2.45, 2.75) is 167 Å². The van der Waals surface area contributed by atoms with E-state index < -0.39 is 5.91 Å². The topological polar surface area (TPSA) is 162 Å². The van der Waals surface area contributed by atoms with Crippen molar-refractivity contribution in [3.05, 3.63) is 0 Å². The largest absolute Gasteiger partial charge is 0.368 e. The molecule has 0 atom stereocenters. The molecule has 2 aliphatic carbocycles. The average Bonchev–Trinajstić information content (AvgIpc) is 3.14. The smallest absolute Gasteiger partial charge is 0.242 e. The lowest BCUT2D eigenvalue weighted by atomic mass is 9.94. The maximum absolute atomic E-state index is 13.9. The molecule has 12 nitrogen and oxygen atoms in total. The van der Waals surface area contributed by atoms with Gasteiger partial charge in [0.15, 0.2) is 0 Å². The molecule has 2 fully saturated rings. The minimum atomic E-state index is -0.578. The molecule has 5 amide bonds. The Morgan fingerprint density at radius 2 is 1.10 bits per heavy atom. The monoisotopic (exact) mass is 734 g/mol. The third-order valence-electron chi connectivity index (χ3n) is 10.9. The second-order valence-corrected chi connectivity index (χ2v) is 15.4. The highest BCUT2D eigenvalue weighted by Crippen LogP contribution is 2.24. The van der Waals surface area contributed by atoms with Gasteiger partial charge in [0.25, 0.3) is 0 Å². The first kappa shape index (κ1) is 45.4. The minimum absolute atomic E-state index is 0.00638. The molecule has 2 aliphatic rings. The molecular weight excluding hydrogens is 658 g/mol. The molecule has 52 heavy (non-hydrogen) atoms. The Labute approximate surface area is 315 Å².